The third kappa shape index (κ3) is 5.48. The van der Waals surface area contributed by atoms with Crippen LogP contribution in [0.15, 0.2) is 30.3 Å². The first-order valence-corrected chi connectivity index (χ1v) is 9.10. The van der Waals surface area contributed by atoms with E-state index in [9.17, 15) is 5.11 Å². The summed E-state index contributed by atoms with van der Waals surface area (Å²) in [6, 6.07) is 9.72. The van der Waals surface area contributed by atoms with E-state index in [-0.39, 0.29) is 0 Å². The minimum atomic E-state index is -0.420. The molecule has 0 aromatic heterocycles. The van der Waals surface area contributed by atoms with Crippen molar-refractivity contribution in [1.29, 1.82) is 0 Å². The second-order valence-electron chi connectivity index (χ2n) is 7.03. The van der Waals surface area contributed by atoms with Gasteiger partial charge < -0.3 is 14.7 Å². The number of aliphatic hydroxyl groups excluding tert-OH is 1. The largest absolute Gasteiger partial charge is 0.491 e. The predicted molar refractivity (Wildman–Crippen MR) is 92.8 cm³/mol. The fourth-order valence-electron chi connectivity index (χ4n) is 3.77. The third-order valence-corrected chi connectivity index (χ3v) is 5.11. The standard InChI is InChI=1S/C19H30N2O2/c22-18(16-23-19-8-2-1-3-9-19)15-21-12-10-20(11-13-21)14-17-6-4-5-7-17/h1-3,8-9,17-18,22H,4-7,10-16H2/t18-/m0/s1. The van der Waals surface area contributed by atoms with Gasteiger partial charge in [-0.25, -0.2) is 0 Å². The van der Waals surface area contributed by atoms with Crippen molar-refractivity contribution in [3.63, 3.8) is 0 Å². The van der Waals surface area contributed by atoms with Crippen molar-refractivity contribution in [3.8, 4) is 5.75 Å². The van der Waals surface area contributed by atoms with Crippen LogP contribution in [0.4, 0.5) is 0 Å². The molecule has 1 N–H and O–H groups in total. The lowest BCUT2D eigenvalue weighted by Gasteiger charge is -2.36. The Bertz CT molecular complexity index is 440. The molecule has 0 radical (unpaired) electrons. The summed E-state index contributed by atoms with van der Waals surface area (Å²) in [5.74, 6) is 1.76. The smallest absolute Gasteiger partial charge is 0.119 e. The Morgan fingerprint density at radius 3 is 2.35 bits per heavy atom. The van der Waals surface area contributed by atoms with Crippen molar-refractivity contribution >= 4 is 0 Å². The van der Waals surface area contributed by atoms with Crippen molar-refractivity contribution < 1.29 is 9.84 Å². The van der Waals surface area contributed by atoms with E-state index >= 15 is 0 Å². The van der Waals surface area contributed by atoms with Gasteiger partial charge in [-0.15, -0.1) is 0 Å². The number of piperazine rings is 1. The average molecular weight is 318 g/mol. The Morgan fingerprint density at radius 1 is 1.00 bits per heavy atom. The molecule has 1 heterocycles. The van der Waals surface area contributed by atoms with Gasteiger partial charge in [0, 0.05) is 39.3 Å². The van der Waals surface area contributed by atoms with Crippen molar-refractivity contribution in [3.05, 3.63) is 30.3 Å². The molecule has 0 bridgehead atoms. The first-order chi connectivity index (χ1) is 11.3. The molecular formula is C19H30N2O2. The zero-order valence-electron chi connectivity index (χ0n) is 14.1. The zero-order chi connectivity index (χ0) is 15.9. The lowest BCUT2D eigenvalue weighted by Crippen LogP contribution is -2.50. The number of hydrogen-bond acceptors (Lipinski definition) is 4. The molecule has 1 aliphatic heterocycles. The summed E-state index contributed by atoms with van der Waals surface area (Å²) in [5, 5.41) is 10.2. The predicted octanol–water partition coefficient (Wildman–Crippen LogP) is 2.23. The highest BCUT2D eigenvalue weighted by Gasteiger charge is 2.23. The molecule has 128 valence electrons. The average Bonchev–Trinajstić information content (AvgIpc) is 3.09. The molecule has 1 saturated heterocycles. The number of hydrogen-bond donors (Lipinski definition) is 1. The van der Waals surface area contributed by atoms with Crippen LogP contribution in [0.25, 0.3) is 0 Å². The maximum Gasteiger partial charge on any atom is 0.119 e. The molecule has 2 fully saturated rings. The maximum atomic E-state index is 10.2. The first kappa shape index (κ1) is 16.7. The Morgan fingerprint density at radius 2 is 1.65 bits per heavy atom. The van der Waals surface area contributed by atoms with Crippen molar-refractivity contribution in [2.24, 2.45) is 5.92 Å². The van der Waals surface area contributed by atoms with E-state index in [0.717, 1.165) is 37.8 Å². The van der Waals surface area contributed by atoms with E-state index in [1.165, 1.54) is 32.2 Å². The maximum absolute atomic E-state index is 10.2. The van der Waals surface area contributed by atoms with Gasteiger partial charge in [0.1, 0.15) is 18.5 Å². The number of benzene rings is 1. The number of ether oxygens (including phenoxy) is 1. The van der Waals surface area contributed by atoms with Crippen LogP contribution in [-0.2, 0) is 0 Å². The van der Waals surface area contributed by atoms with E-state index in [2.05, 4.69) is 9.80 Å². The number of para-hydroxylation sites is 1. The van der Waals surface area contributed by atoms with Crippen molar-refractivity contribution in [2.75, 3.05) is 45.9 Å². The third-order valence-electron chi connectivity index (χ3n) is 5.11. The van der Waals surface area contributed by atoms with Gasteiger partial charge in [-0.1, -0.05) is 31.0 Å². The van der Waals surface area contributed by atoms with Crippen molar-refractivity contribution in [1.82, 2.24) is 9.80 Å². The number of rotatable bonds is 7. The van der Waals surface area contributed by atoms with E-state index in [1.807, 2.05) is 30.3 Å². The summed E-state index contributed by atoms with van der Waals surface area (Å²) in [5.41, 5.74) is 0. The van der Waals surface area contributed by atoms with Crippen LogP contribution < -0.4 is 4.74 Å². The molecule has 0 spiro atoms. The first-order valence-electron chi connectivity index (χ1n) is 9.10. The highest BCUT2D eigenvalue weighted by Crippen LogP contribution is 2.25. The second-order valence-corrected chi connectivity index (χ2v) is 7.03. The van der Waals surface area contributed by atoms with E-state index < -0.39 is 6.10 Å². The van der Waals surface area contributed by atoms with Gasteiger partial charge in [0.05, 0.1) is 0 Å². The van der Waals surface area contributed by atoms with Gasteiger partial charge in [0.15, 0.2) is 0 Å². The molecule has 1 aromatic carbocycles. The zero-order valence-corrected chi connectivity index (χ0v) is 14.1. The fraction of sp³-hybridized carbons (Fsp3) is 0.684. The van der Waals surface area contributed by atoms with Crippen LogP contribution in [0.5, 0.6) is 5.75 Å². The summed E-state index contributed by atoms with van der Waals surface area (Å²) >= 11 is 0. The fourth-order valence-corrected chi connectivity index (χ4v) is 3.77. The molecule has 4 heteroatoms. The van der Waals surface area contributed by atoms with Crippen LogP contribution in [0.1, 0.15) is 25.7 Å². The summed E-state index contributed by atoms with van der Waals surface area (Å²) in [4.78, 5) is 4.98. The van der Waals surface area contributed by atoms with E-state index in [4.69, 9.17) is 4.74 Å². The van der Waals surface area contributed by atoms with Crippen molar-refractivity contribution in [2.45, 2.75) is 31.8 Å². The highest BCUT2D eigenvalue weighted by atomic mass is 16.5. The topological polar surface area (TPSA) is 35.9 Å². The minimum Gasteiger partial charge on any atom is -0.491 e. The molecule has 3 rings (SSSR count). The summed E-state index contributed by atoms with van der Waals surface area (Å²) in [6.45, 7) is 6.78. The molecule has 0 amide bonds. The second kappa shape index (κ2) is 8.67. The van der Waals surface area contributed by atoms with Crippen LogP contribution in [0.3, 0.4) is 0 Å². The lowest BCUT2D eigenvalue weighted by atomic mass is 10.1. The van der Waals surface area contributed by atoms with E-state index in [0.29, 0.717) is 13.2 Å². The molecule has 23 heavy (non-hydrogen) atoms. The lowest BCUT2D eigenvalue weighted by molar-refractivity contribution is 0.0432. The summed E-state index contributed by atoms with van der Waals surface area (Å²) in [7, 11) is 0. The number of β-amino-alcohol motifs (C(OH)–C–C–N with tert-alkyl or cyclic N) is 1. The molecule has 4 nitrogen and oxygen atoms in total. The summed E-state index contributed by atoms with van der Waals surface area (Å²) < 4.78 is 5.63. The molecule has 0 unspecified atom stereocenters. The van der Waals surface area contributed by atoms with Gasteiger partial charge >= 0.3 is 0 Å². The molecule has 1 aliphatic carbocycles. The van der Waals surface area contributed by atoms with Gasteiger partial charge in [0.25, 0.3) is 0 Å². The van der Waals surface area contributed by atoms with Gasteiger partial charge in [-0.05, 0) is 30.9 Å². The number of aliphatic hydroxyl groups is 1. The molecule has 1 atom stereocenters. The van der Waals surface area contributed by atoms with Gasteiger partial charge in [0.2, 0.25) is 0 Å². The molecule has 1 saturated carbocycles. The Hall–Kier alpha value is -1.10. The van der Waals surface area contributed by atoms with Gasteiger partial charge in [-0.2, -0.15) is 0 Å². The molecular weight excluding hydrogens is 288 g/mol. The number of nitrogens with zero attached hydrogens (tertiary/aromatic N) is 2. The highest BCUT2D eigenvalue weighted by molar-refractivity contribution is 5.20. The Labute approximate surface area is 140 Å². The molecule has 1 aromatic rings. The molecule has 2 aliphatic rings. The van der Waals surface area contributed by atoms with E-state index in [1.54, 1.807) is 0 Å². The monoisotopic (exact) mass is 318 g/mol. The Balaban J connectivity index is 1.31. The van der Waals surface area contributed by atoms with Crippen LogP contribution in [0, 0.1) is 5.92 Å². The van der Waals surface area contributed by atoms with Gasteiger partial charge in [-0.3, -0.25) is 4.90 Å². The van der Waals surface area contributed by atoms with Crippen LogP contribution >= 0.6 is 0 Å². The normalized spacial score (nSPS) is 22.3. The van der Waals surface area contributed by atoms with Crippen LogP contribution in [-0.4, -0.2) is 66.9 Å². The quantitative estimate of drug-likeness (QED) is 0.836. The SMILES string of the molecule is O[C@H](COc1ccccc1)CN1CCN(CC2CCCC2)CC1. The minimum absolute atomic E-state index is 0.367. The van der Waals surface area contributed by atoms with Crippen LogP contribution in [0.2, 0.25) is 0 Å². The summed E-state index contributed by atoms with van der Waals surface area (Å²) in [6.07, 6.45) is 5.29. The Kier molecular flexibility index (Phi) is 6.31.